The highest BCUT2D eigenvalue weighted by atomic mass is 16.6. The van der Waals surface area contributed by atoms with Crippen molar-refractivity contribution in [3.05, 3.63) is 76.9 Å². The number of phenols is 1. The summed E-state index contributed by atoms with van der Waals surface area (Å²) in [6, 6.07) is 15.0. The van der Waals surface area contributed by atoms with Crippen LogP contribution in [-0.2, 0) is 0 Å². The minimum atomic E-state index is -0.417. The van der Waals surface area contributed by atoms with Gasteiger partial charge in [0.05, 0.1) is 4.92 Å². The van der Waals surface area contributed by atoms with Crippen LogP contribution in [0.2, 0.25) is 0 Å². The summed E-state index contributed by atoms with van der Waals surface area (Å²) in [5, 5.41) is 19.0. The van der Waals surface area contributed by atoms with Crippen LogP contribution in [0.25, 0.3) is 6.08 Å². The molecule has 0 bridgehead atoms. The quantitative estimate of drug-likeness (QED) is 0.647. The highest BCUT2D eigenvalue weighted by Gasteiger charge is 1.98. The molecule has 0 saturated heterocycles. The molecule has 18 heavy (non-hydrogen) atoms. The number of nitro benzene ring substituents is 1. The SMILES string of the molecule is C=Cc1ccccc1O.O=[N+]([O-])c1ccccc1. The summed E-state index contributed by atoms with van der Waals surface area (Å²) < 4.78 is 0. The van der Waals surface area contributed by atoms with Crippen molar-refractivity contribution in [3.8, 4) is 5.75 Å². The minimum Gasteiger partial charge on any atom is -0.507 e. The molecule has 2 rings (SSSR count). The van der Waals surface area contributed by atoms with Crippen molar-refractivity contribution in [3.63, 3.8) is 0 Å². The molecule has 0 saturated carbocycles. The van der Waals surface area contributed by atoms with E-state index in [1.807, 2.05) is 12.1 Å². The number of non-ortho nitro benzene ring substituents is 1. The highest BCUT2D eigenvalue weighted by Crippen LogP contribution is 2.15. The molecule has 4 nitrogen and oxygen atoms in total. The number of hydrogen-bond acceptors (Lipinski definition) is 3. The van der Waals surface area contributed by atoms with E-state index in [9.17, 15) is 10.1 Å². The minimum absolute atomic E-state index is 0.137. The van der Waals surface area contributed by atoms with Gasteiger partial charge < -0.3 is 5.11 Å². The number of rotatable bonds is 2. The lowest BCUT2D eigenvalue weighted by atomic mass is 10.2. The molecular weight excluding hydrogens is 230 g/mol. The van der Waals surface area contributed by atoms with Crippen molar-refractivity contribution in [2.45, 2.75) is 0 Å². The zero-order valence-electron chi connectivity index (χ0n) is 9.69. The number of benzene rings is 2. The van der Waals surface area contributed by atoms with E-state index in [4.69, 9.17) is 5.11 Å². The molecule has 1 N–H and O–H groups in total. The third-order valence-electron chi connectivity index (χ3n) is 2.12. The second-order valence-corrected chi connectivity index (χ2v) is 3.36. The molecule has 0 aliphatic carbocycles. The Labute approximate surface area is 105 Å². The fourth-order valence-electron chi connectivity index (χ4n) is 1.21. The topological polar surface area (TPSA) is 63.4 Å². The van der Waals surface area contributed by atoms with Gasteiger partial charge in [-0.1, -0.05) is 49.1 Å². The van der Waals surface area contributed by atoms with Gasteiger partial charge in [0, 0.05) is 17.7 Å². The van der Waals surface area contributed by atoms with E-state index in [-0.39, 0.29) is 11.4 Å². The Morgan fingerprint density at radius 3 is 2.00 bits per heavy atom. The molecule has 0 aliphatic rings. The van der Waals surface area contributed by atoms with Gasteiger partial charge in [-0.15, -0.1) is 0 Å². The highest BCUT2D eigenvalue weighted by molar-refractivity contribution is 5.54. The molecule has 0 fully saturated rings. The van der Waals surface area contributed by atoms with Crippen LogP contribution in [0, 0.1) is 10.1 Å². The molecule has 0 amide bonds. The number of phenolic OH excluding ortho intramolecular Hbond substituents is 1. The van der Waals surface area contributed by atoms with Gasteiger partial charge in [-0.25, -0.2) is 0 Å². The lowest BCUT2D eigenvalue weighted by Gasteiger charge is -1.93. The van der Waals surface area contributed by atoms with Crippen LogP contribution in [0.4, 0.5) is 5.69 Å². The number of aromatic hydroxyl groups is 1. The monoisotopic (exact) mass is 243 g/mol. The van der Waals surface area contributed by atoms with Crippen LogP contribution in [0.1, 0.15) is 5.56 Å². The molecule has 0 aromatic heterocycles. The van der Waals surface area contributed by atoms with Gasteiger partial charge in [0.25, 0.3) is 5.69 Å². The summed E-state index contributed by atoms with van der Waals surface area (Å²) in [6.45, 7) is 3.53. The first-order valence-electron chi connectivity index (χ1n) is 5.25. The van der Waals surface area contributed by atoms with Crippen molar-refractivity contribution in [2.24, 2.45) is 0 Å². The van der Waals surface area contributed by atoms with Gasteiger partial charge in [-0.2, -0.15) is 0 Å². The first kappa shape index (κ1) is 13.4. The van der Waals surface area contributed by atoms with Crippen LogP contribution in [0.15, 0.2) is 61.2 Å². The second kappa shape index (κ2) is 6.85. The van der Waals surface area contributed by atoms with Crippen molar-refractivity contribution in [1.29, 1.82) is 0 Å². The third-order valence-corrected chi connectivity index (χ3v) is 2.12. The van der Waals surface area contributed by atoms with Gasteiger partial charge >= 0.3 is 0 Å². The number of nitro groups is 1. The van der Waals surface area contributed by atoms with E-state index in [1.165, 1.54) is 12.1 Å². The summed E-state index contributed by atoms with van der Waals surface area (Å²) in [4.78, 5) is 9.59. The summed E-state index contributed by atoms with van der Waals surface area (Å²) >= 11 is 0. The van der Waals surface area contributed by atoms with Crippen LogP contribution >= 0.6 is 0 Å². The molecule has 0 spiro atoms. The second-order valence-electron chi connectivity index (χ2n) is 3.36. The lowest BCUT2D eigenvalue weighted by Crippen LogP contribution is -1.84. The van der Waals surface area contributed by atoms with Gasteiger partial charge in [0.1, 0.15) is 5.75 Å². The standard InChI is InChI=1S/C8H8O.C6H5NO2/c1-2-7-5-3-4-6-8(7)9;8-7(9)6-4-2-1-3-5-6/h2-6,9H,1H2;1-5H. The van der Waals surface area contributed by atoms with Crippen molar-refractivity contribution in [1.82, 2.24) is 0 Å². The zero-order chi connectivity index (χ0) is 13.4. The molecule has 0 radical (unpaired) electrons. The van der Waals surface area contributed by atoms with E-state index in [1.54, 1.807) is 36.4 Å². The summed E-state index contributed by atoms with van der Waals surface area (Å²) in [5.41, 5.74) is 0.912. The zero-order valence-corrected chi connectivity index (χ0v) is 9.69. The van der Waals surface area contributed by atoms with E-state index in [0.717, 1.165) is 5.56 Å². The Bertz CT molecular complexity index is 524. The Morgan fingerprint density at radius 2 is 1.61 bits per heavy atom. The molecule has 0 atom stereocenters. The van der Waals surface area contributed by atoms with Gasteiger partial charge in [0.15, 0.2) is 0 Å². The Kier molecular flexibility index (Phi) is 5.12. The summed E-state index contributed by atoms with van der Waals surface area (Å²) in [7, 11) is 0. The smallest absolute Gasteiger partial charge is 0.269 e. The lowest BCUT2D eigenvalue weighted by molar-refractivity contribution is -0.384. The number of nitrogens with zero attached hydrogens (tertiary/aromatic N) is 1. The average Bonchev–Trinajstić information content (AvgIpc) is 2.41. The molecule has 0 unspecified atom stereocenters. The molecule has 2 aromatic carbocycles. The van der Waals surface area contributed by atoms with Crippen LogP contribution in [-0.4, -0.2) is 10.0 Å². The summed E-state index contributed by atoms with van der Waals surface area (Å²) in [5.74, 6) is 0.285. The molecular formula is C14H13NO3. The molecule has 2 aromatic rings. The Hall–Kier alpha value is -2.62. The molecule has 0 heterocycles. The Balaban J connectivity index is 0.000000180. The first-order valence-corrected chi connectivity index (χ1v) is 5.25. The maximum atomic E-state index is 10.0. The molecule has 4 heteroatoms. The molecule has 92 valence electrons. The number of hydrogen-bond donors (Lipinski definition) is 1. The third kappa shape index (κ3) is 4.09. The Morgan fingerprint density at radius 1 is 1.06 bits per heavy atom. The predicted octanol–water partition coefficient (Wildman–Crippen LogP) is 3.63. The summed E-state index contributed by atoms with van der Waals surface area (Å²) in [6.07, 6.45) is 1.62. The van der Waals surface area contributed by atoms with E-state index in [0.29, 0.717) is 0 Å². The van der Waals surface area contributed by atoms with Crippen LogP contribution < -0.4 is 0 Å². The maximum Gasteiger partial charge on any atom is 0.269 e. The van der Waals surface area contributed by atoms with E-state index < -0.39 is 4.92 Å². The largest absolute Gasteiger partial charge is 0.507 e. The number of para-hydroxylation sites is 2. The van der Waals surface area contributed by atoms with Crippen LogP contribution in [0.5, 0.6) is 5.75 Å². The normalized spacial score (nSPS) is 8.89. The average molecular weight is 243 g/mol. The van der Waals surface area contributed by atoms with E-state index >= 15 is 0 Å². The fourth-order valence-corrected chi connectivity index (χ4v) is 1.21. The van der Waals surface area contributed by atoms with Gasteiger partial charge in [0.2, 0.25) is 0 Å². The van der Waals surface area contributed by atoms with Gasteiger partial charge in [-0.05, 0) is 6.07 Å². The predicted molar refractivity (Wildman–Crippen MR) is 71.3 cm³/mol. The fraction of sp³-hybridized carbons (Fsp3) is 0. The van der Waals surface area contributed by atoms with Crippen LogP contribution in [0.3, 0.4) is 0 Å². The first-order chi connectivity index (χ1) is 8.65. The van der Waals surface area contributed by atoms with E-state index in [2.05, 4.69) is 6.58 Å². The van der Waals surface area contributed by atoms with Crippen molar-refractivity contribution >= 4 is 11.8 Å². The maximum absolute atomic E-state index is 10.0. The van der Waals surface area contributed by atoms with Gasteiger partial charge in [-0.3, -0.25) is 10.1 Å². The molecule has 0 aliphatic heterocycles. The van der Waals surface area contributed by atoms with Crippen molar-refractivity contribution < 1.29 is 10.0 Å². The van der Waals surface area contributed by atoms with Crippen molar-refractivity contribution in [2.75, 3.05) is 0 Å².